The van der Waals surface area contributed by atoms with Gasteiger partial charge in [-0.1, -0.05) is 25.0 Å². The van der Waals surface area contributed by atoms with Gasteiger partial charge in [0.2, 0.25) is 0 Å². The third-order valence-corrected chi connectivity index (χ3v) is 2.79. The molecule has 0 saturated heterocycles. The number of aldehydes is 1. The topological polar surface area (TPSA) is 63.6 Å². The summed E-state index contributed by atoms with van der Waals surface area (Å²) in [7, 11) is 0. The number of ketones is 1. The summed E-state index contributed by atoms with van der Waals surface area (Å²) in [6.07, 6.45) is 11.3. The van der Waals surface area contributed by atoms with Gasteiger partial charge in [0.1, 0.15) is 6.29 Å². The van der Waals surface area contributed by atoms with Gasteiger partial charge in [0, 0.05) is 11.5 Å². The van der Waals surface area contributed by atoms with Gasteiger partial charge in [0.25, 0.3) is 0 Å². The Morgan fingerprint density at radius 3 is 2.47 bits per heavy atom. The second-order valence-corrected chi connectivity index (χ2v) is 3.91. The van der Waals surface area contributed by atoms with Crippen LogP contribution in [0.15, 0.2) is 41.3 Å². The van der Waals surface area contributed by atoms with Crippen molar-refractivity contribution in [2.75, 3.05) is 0 Å². The van der Waals surface area contributed by atoms with Crippen molar-refractivity contribution in [2.24, 2.45) is 11.1 Å². The Kier molecular flexibility index (Phi) is 5.79. The summed E-state index contributed by atoms with van der Waals surface area (Å²) in [6, 6.07) is 0. The first-order valence-corrected chi connectivity index (χ1v) is 5.65. The molecule has 0 aromatic rings. The minimum atomic E-state index is 0.0259. The minimum absolute atomic E-state index is 0.0259. The number of Topliss-reactive ketones (excluding diaryl/α,β-unsaturated/α-hetero) is 1. The lowest BCUT2D eigenvalue weighted by molar-refractivity contribution is -0.118. The van der Waals surface area contributed by atoms with Crippen molar-refractivity contribution < 1.29 is 9.59 Å². The molecule has 1 aliphatic rings. The number of nitrogens with zero attached hydrogens (tertiary/aromatic N) is 1. The van der Waals surface area contributed by atoms with Crippen LogP contribution >= 0.6 is 0 Å². The van der Waals surface area contributed by atoms with Crippen LogP contribution in [0, 0.1) is 10.8 Å². The number of hydrogen-bond acceptors (Lipinski definition) is 4. The van der Waals surface area contributed by atoms with Crippen LogP contribution in [0.2, 0.25) is 0 Å². The molecular formula is C13H15NO3. The fourth-order valence-electron chi connectivity index (χ4n) is 1.96. The molecule has 1 aliphatic carbocycles. The summed E-state index contributed by atoms with van der Waals surface area (Å²) in [4.78, 5) is 32.2. The summed E-state index contributed by atoms with van der Waals surface area (Å²) in [5.41, 5.74) is 0.426. The first-order valence-electron chi connectivity index (χ1n) is 5.65. The van der Waals surface area contributed by atoms with Crippen LogP contribution in [0.1, 0.15) is 25.7 Å². The summed E-state index contributed by atoms with van der Waals surface area (Å²) >= 11 is 0. The molecule has 17 heavy (non-hydrogen) atoms. The van der Waals surface area contributed by atoms with Gasteiger partial charge < -0.3 is 0 Å². The zero-order chi connectivity index (χ0) is 12.5. The maximum absolute atomic E-state index is 12.1. The summed E-state index contributed by atoms with van der Waals surface area (Å²) < 4.78 is 0. The van der Waals surface area contributed by atoms with Crippen molar-refractivity contribution in [1.29, 1.82) is 0 Å². The van der Waals surface area contributed by atoms with Crippen LogP contribution in [-0.4, -0.2) is 12.1 Å². The highest BCUT2D eigenvalue weighted by molar-refractivity contribution is 6.00. The highest BCUT2D eigenvalue weighted by Crippen LogP contribution is 2.28. The van der Waals surface area contributed by atoms with E-state index in [1.54, 1.807) is 0 Å². The van der Waals surface area contributed by atoms with E-state index in [-0.39, 0.29) is 11.7 Å². The van der Waals surface area contributed by atoms with Gasteiger partial charge >= 0.3 is 0 Å². The zero-order valence-corrected chi connectivity index (χ0v) is 9.54. The van der Waals surface area contributed by atoms with E-state index in [0.29, 0.717) is 11.9 Å². The van der Waals surface area contributed by atoms with E-state index in [1.807, 2.05) is 0 Å². The fraction of sp³-hybridized carbons (Fsp3) is 0.385. The fourth-order valence-corrected chi connectivity index (χ4v) is 1.96. The number of allylic oxidation sites excluding steroid dienone is 5. The highest BCUT2D eigenvalue weighted by Gasteiger charge is 2.23. The van der Waals surface area contributed by atoms with Crippen LogP contribution < -0.4 is 0 Å². The number of rotatable bonds is 6. The molecule has 0 amide bonds. The SMILES string of the molecule is O=C/C=C/C=C(\C=C\N=O)C(=O)C1CCCC1. The summed E-state index contributed by atoms with van der Waals surface area (Å²) in [6.45, 7) is 0. The molecule has 1 fully saturated rings. The van der Waals surface area contributed by atoms with Gasteiger partial charge in [0.15, 0.2) is 5.78 Å². The standard InChI is InChI=1S/C13H15NO3/c15-10-4-3-7-12(8-9-14-17)13(16)11-5-1-2-6-11/h3-4,7-11H,1-2,5-6H2/b4-3+,9-8+,12-7+. The van der Waals surface area contributed by atoms with Gasteiger partial charge in [-0.15, -0.1) is 4.91 Å². The van der Waals surface area contributed by atoms with Crippen molar-refractivity contribution in [2.45, 2.75) is 25.7 Å². The van der Waals surface area contributed by atoms with Crippen molar-refractivity contribution in [3.63, 3.8) is 0 Å². The molecule has 1 saturated carbocycles. The lowest BCUT2D eigenvalue weighted by Gasteiger charge is -2.07. The van der Waals surface area contributed by atoms with Gasteiger partial charge in [-0.05, 0) is 30.2 Å². The number of hydrogen-bond donors (Lipinski definition) is 0. The van der Waals surface area contributed by atoms with E-state index in [9.17, 15) is 14.5 Å². The van der Waals surface area contributed by atoms with Crippen molar-refractivity contribution in [1.82, 2.24) is 0 Å². The van der Waals surface area contributed by atoms with E-state index in [2.05, 4.69) is 5.18 Å². The first kappa shape index (κ1) is 13.2. The molecule has 0 aromatic heterocycles. The van der Waals surface area contributed by atoms with Crippen LogP contribution in [0.25, 0.3) is 0 Å². The molecular weight excluding hydrogens is 218 g/mol. The minimum Gasteiger partial charge on any atom is -0.299 e. The Balaban J connectivity index is 2.80. The lowest BCUT2D eigenvalue weighted by atomic mass is 9.96. The van der Waals surface area contributed by atoms with Crippen LogP contribution in [0.3, 0.4) is 0 Å². The summed E-state index contributed by atoms with van der Waals surface area (Å²) in [5, 5.41) is 2.60. The predicted molar refractivity (Wildman–Crippen MR) is 65.2 cm³/mol. The molecule has 0 aromatic carbocycles. The first-order chi connectivity index (χ1) is 8.29. The molecule has 0 unspecified atom stereocenters. The number of nitroso groups, excluding NO2 is 1. The maximum atomic E-state index is 12.1. The van der Waals surface area contributed by atoms with Crippen molar-refractivity contribution in [3.05, 3.63) is 41.0 Å². The average molecular weight is 233 g/mol. The van der Waals surface area contributed by atoms with Gasteiger partial charge in [-0.25, -0.2) is 0 Å². The molecule has 0 heterocycles. The van der Waals surface area contributed by atoms with Crippen LogP contribution in [0.5, 0.6) is 0 Å². The lowest BCUT2D eigenvalue weighted by Crippen LogP contribution is -2.12. The maximum Gasteiger partial charge on any atom is 0.165 e. The van der Waals surface area contributed by atoms with Crippen LogP contribution in [0.4, 0.5) is 0 Å². The molecule has 0 aliphatic heterocycles. The predicted octanol–water partition coefficient (Wildman–Crippen LogP) is 2.71. The van der Waals surface area contributed by atoms with Crippen LogP contribution in [-0.2, 0) is 9.59 Å². The average Bonchev–Trinajstić information content (AvgIpc) is 2.86. The van der Waals surface area contributed by atoms with E-state index >= 15 is 0 Å². The Morgan fingerprint density at radius 2 is 1.88 bits per heavy atom. The largest absolute Gasteiger partial charge is 0.299 e. The molecule has 0 radical (unpaired) electrons. The van der Waals surface area contributed by atoms with Gasteiger partial charge in [-0.2, -0.15) is 0 Å². The molecule has 0 atom stereocenters. The molecule has 4 heteroatoms. The molecule has 0 spiro atoms. The van der Waals surface area contributed by atoms with E-state index in [0.717, 1.165) is 31.9 Å². The normalized spacial score (nSPS) is 18.0. The van der Waals surface area contributed by atoms with Crippen molar-refractivity contribution >= 4 is 12.1 Å². The Bertz CT molecular complexity index is 374. The Morgan fingerprint density at radius 1 is 1.18 bits per heavy atom. The quantitative estimate of drug-likeness (QED) is 0.306. The molecule has 0 bridgehead atoms. The summed E-state index contributed by atoms with van der Waals surface area (Å²) in [5.74, 6) is 0.0696. The molecule has 4 nitrogen and oxygen atoms in total. The number of carbonyl (C=O) groups is 2. The smallest absolute Gasteiger partial charge is 0.165 e. The van der Waals surface area contributed by atoms with Crippen molar-refractivity contribution in [3.8, 4) is 0 Å². The monoisotopic (exact) mass is 233 g/mol. The second-order valence-electron chi connectivity index (χ2n) is 3.91. The van der Waals surface area contributed by atoms with E-state index in [4.69, 9.17) is 0 Å². The number of carbonyl (C=O) groups excluding carboxylic acids is 2. The zero-order valence-electron chi connectivity index (χ0n) is 9.54. The molecule has 1 rings (SSSR count). The van der Waals surface area contributed by atoms with E-state index < -0.39 is 0 Å². The molecule has 90 valence electrons. The Labute approximate surface area is 100 Å². The van der Waals surface area contributed by atoms with Gasteiger partial charge in [-0.3, -0.25) is 9.59 Å². The van der Waals surface area contributed by atoms with Gasteiger partial charge in [0.05, 0.1) is 6.20 Å². The highest BCUT2D eigenvalue weighted by atomic mass is 16.2. The third kappa shape index (κ3) is 4.26. The van der Waals surface area contributed by atoms with E-state index in [1.165, 1.54) is 24.3 Å². The third-order valence-electron chi connectivity index (χ3n) is 2.79. The Hall–Kier alpha value is -1.84. The molecule has 0 N–H and O–H groups in total. The second kappa shape index (κ2) is 7.44.